The van der Waals surface area contributed by atoms with Gasteiger partial charge >= 0.3 is 12.1 Å². The summed E-state index contributed by atoms with van der Waals surface area (Å²) in [6, 6.07) is 9.78. The van der Waals surface area contributed by atoms with E-state index in [1.807, 2.05) is 0 Å². The highest BCUT2D eigenvalue weighted by molar-refractivity contribution is 7.80. The van der Waals surface area contributed by atoms with Crippen LogP contribution in [0.5, 0.6) is 11.5 Å². The molecular formula is C22H20ClF3N4O4S. The van der Waals surface area contributed by atoms with Gasteiger partial charge in [0.2, 0.25) is 0 Å². The number of carbonyl (C=O) groups is 2. The van der Waals surface area contributed by atoms with Gasteiger partial charge in [0.25, 0.3) is 5.91 Å². The van der Waals surface area contributed by atoms with Crippen LogP contribution < -0.4 is 25.0 Å². The molecule has 8 nitrogen and oxygen atoms in total. The lowest BCUT2D eigenvalue weighted by molar-refractivity contribution is -0.185. The Balaban J connectivity index is 1.33. The maximum atomic E-state index is 12.6. The van der Waals surface area contributed by atoms with Gasteiger partial charge in [0.15, 0.2) is 16.6 Å². The fourth-order valence-electron chi connectivity index (χ4n) is 3.69. The number of amides is 2. The van der Waals surface area contributed by atoms with E-state index >= 15 is 0 Å². The fraction of sp³-hybridized carbons (Fsp3) is 0.318. The summed E-state index contributed by atoms with van der Waals surface area (Å²) < 4.78 is 48.8. The first-order valence-corrected chi connectivity index (χ1v) is 11.3. The number of hydrogen-bond donors (Lipinski definition) is 2. The second-order valence-corrected chi connectivity index (χ2v) is 8.53. The van der Waals surface area contributed by atoms with Gasteiger partial charge in [0, 0.05) is 37.4 Å². The molecule has 13 heteroatoms. The Hall–Kier alpha value is -3.25. The zero-order valence-electron chi connectivity index (χ0n) is 18.2. The van der Waals surface area contributed by atoms with Crippen molar-refractivity contribution < 1.29 is 32.2 Å². The lowest BCUT2D eigenvalue weighted by atomic mass is 10.2. The molecule has 0 bridgehead atoms. The summed E-state index contributed by atoms with van der Waals surface area (Å²) in [5, 5.41) is 5.84. The number of ether oxygens (including phenoxy) is 2. The number of hydrogen-bond acceptors (Lipinski definition) is 6. The Morgan fingerprint density at radius 3 is 2.31 bits per heavy atom. The Labute approximate surface area is 208 Å². The Kier molecular flexibility index (Phi) is 7.22. The summed E-state index contributed by atoms with van der Waals surface area (Å²) in [4.78, 5) is 26.5. The quantitative estimate of drug-likeness (QED) is 0.590. The molecule has 0 unspecified atom stereocenters. The number of nitrogens with one attached hydrogen (secondary N) is 2. The van der Waals surface area contributed by atoms with E-state index in [4.69, 9.17) is 33.3 Å². The van der Waals surface area contributed by atoms with Gasteiger partial charge in [-0.2, -0.15) is 13.2 Å². The standard InChI is InChI=1S/C22H20ClF3N4O4S/c23-15-12-14(2-3-16(15)29-5-7-30(8-6-29)20(32)22(24,25)26)27-21(35)28-19(31)13-1-4-17-18(11-13)34-10-9-33-17/h1-4,11-12H,5-10H2,(H2,27,28,31,35). The Bertz CT molecular complexity index is 1160. The number of anilines is 2. The SMILES string of the molecule is O=C(NC(=S)Nc1ccc(N2CCN(C(=O)C(F)(F)F)CC2)c(Cl)c1)c1ccc2c(c1)OCCO2. The first-order valence-electron chi connectivity index (χ1n) is 10.5. The zero-order chi connectivity index (χ0) is 25.2. The maximum Gasteiger partial charge on any atom is 0.471 e. The molecule has 4 rings (SSSR count). The van der Waals surface area contributed by atoms with Crippen molar-refractivity contribution >= 4 is 52.1 Å². The van der Waals surface area contributed by atoms with Crippen molar-refractivity contribution in [3.05, 3.63) is 47.0 Å². The van der Waals surface area contributed by atoms with Gasteiger partial charge in [-0.25, -0.2) is 0 Å². The Morgan fingerprint density at radius 2 is 1.66 bits per heavy atom. The van der Waals surface area contributed by atoms with Crippen LogP contribution in [0.2, 0.25) is 5.02 Å². The van der Waals surface area contributed by atoms with Crippen molar-refractivity contribution in [1.29, 1.82) is 0 Å². The van der Waals surface area contributed by atoms with Gasteiger partial charge in [-0.3, -0.25) is 14.9 Å². The molecule has 1 saturated heterocycles. The maximum absolute atomic E-state index is 12.6. The molecule has 2 aromatic carbocycles. The second-order valence-electron chi connectivity index (χ2n) is 7.71. The van der Waals surface area contributed by atoms with E-state index in [-0.39, 0.29) is 31.3 Å². The van der Waals surface area contributed by atoms with E-state index in [2.05, 4.69) is 10.6 Å². The average Bonchev–Trinajstić information content (AvgIpc) is 2.83. The molecule has 2 aliphatic heterocycles. The molecule has 0 spiro atoms. The topological polar surface area (TPSA) is 83.1 Å². The largest absolute Gasteiger partial charge is 0.486 e. The molecule has 0 saturated carbocycles. The number of thiocarbonyl (C=S) groups is 1. The molecular weight excluding hydrogens is 509 g/mol. The summed E-state index contributed by atoms with van der Waals surface area (Å²) in [6.07, 6.45) is -4.89. The van der Waals surface area contributed by atoms with E-state index in [0.29, 0.717) is 46.7 Å². The molecule has 2 amide bonds. The molecule has 2 N–H and O–H groups in total. The molecule has 0 radical (unpaired) electrons. The smallest absolute Gasteiger partial charge is 0.471 e. The van der Waals surface area contributed by atoms with Crippen LogP contribution in [-0.2, 0) is 4.79 Å². The summed E-state index contributed by atoms with van der Waals surface area (Å²) in [5.74, 6) is -1.23. The molecule has 0 atom stereocenters. The highest BCUT2D eigenvalue weighted by Gasteiger charge is 2.43. The highest BCUT2D eigenvalue weighted by Crippen LogP contribution is 2.32. The third-order valence-electron chi connectivity index (χ3n) is 5.39. The second kappa shape index (κ2) is 10.2. The van der Waals surface area contributed by atoms with Crippen LogP contribution in [-0.4, -0.2) is 67.4 Å². The Morgan fingerprint density at radius 1 is 0.971 bits per heavy atom. The number of fused-ring (bicyclic) bond motifs is 1. The number of carbonyl (C=O) groups excluding carboxylic acids is 2. The van der Waals surface area contributed by atoms with Crippen LogP contribution in [0, 0.1) is 0 Å². The minimum atomic E-state index is -4.89. The normalized spacial score (nSPS) is 15.4. The monoisotopic (exact) mass is 528 g/mol. The van der Waals surface area contributed by atoms with E-state index in [0.717, 1.165) is 4.90 Å². The molecule has 0 aromatic heterocycles. The number of halogens is 4. The molecule has 1 fully saturated rings. The highest BCUT2D eigenvalue weighted by atomic mass is 35.5. The number of nitrogens with zero attached hydrogens (tertiary/aromatic N) is 2. The van der Waals surface area contributed by atoms with Gasteiger partial charge in [-0.1, -0.05) is 11.6 Å². The van der Waals surface area contributed by atoms with E-state index in [9.17, 15) is 22.8 Å². The van der Waals surface area contributed by atoms with Crippen molar-refractivity contribution in [3.63, 3.8) is 0 Å². The average molecular weight is 529 g/mol. The summed E-state index contributed by atoms with van der Waals surface area (Å²) in [7, 11) is 0. The predicted octanol–water partition coefficient (Wildman–Crippen LogP) is 3.45. The molecule has 35 heavy (non-hydrogen) atoms. The van der Waals surface area contributed by atoms with Crippen LogP contribution in [0.3, 0.4) is 0 Å². The number of benzene rings is 2. The van der Waals surface area contributed by atoms with Gasteiger partial charge in [0.05, 0.1) is 10.7 Å². The summed E-state index contributed by atoms with van der Waals surface area (Å²) >= 11 is 11.6. The predicted molar refractivity (Wildman–Crippen MR) is 127 cm³/mol. The van der Waals surface area contributed by atoms with Crippen LogP contribution in [0.4, 0.5) is 24.5 Å². The van der Waals surface area contributed by atoms with Gasteiger partial charge in [-0.05, 0) is 48.6 Å². The first kappa shape index (κ1) is 24.9. The van der Waals surface area contributed by atoms with Crippen molar-refractivity contribution in [2.75, 3.05) is 49.6 Å². The van der Waals surface area contributed by atoms with Gasteiger partial charge in [0.1, 0.15) is 13.2 Å². The molecule has 2 aliphatic rings. The summed E-state index contributed by atoms with van der Waals surface area (Å²) in [5.41, 5.74) is 1.47. The minimum Gasteiger partial charge on any atom is -0.486 e. The van der Waals surface area contributed by atoms with Gasteiger partial charge in [-0.15, -0.1) is 0 Å². The van der Waals surface area contributed by atoms with Crippen molar-refractivity contribution in [2.24, 2.45) is 0 Å². The zero-order valence-corrected chi connectivity index (χ0v) is 19.7. The minimum absolute atomic E-state index is 0.0491. The van der Waals surface area contributed by atoms with Crippen LogP contribution >= 0.6 is 23.8 Å². The van der Waals surface area contributed by atoms with Crippen molar-refractivity contribution in [2.45, 2.75) is 6.18 Å². The molecule has 186 valence electrons. The number of rotatable bonds is 3. The molecule has 0 aliphatic carbocycles. The number of alkyl halides is 3. The summed E-state index contributed by atoms with van der Waals surface area (Å²) in [6.45, 7) is 1.13. The van der Waals surface area contributed by atoms with E-state index < -0.39 is 18.0 Å². The molecule has 2 aromatic rings. The first-order chi connectivity index (χ1) is 16.6. The van der Waals surface area contributed by atoms with Crippen molar-refractivity contribution in [1.82, 2.24) is 10.2 Å². The van der Waals surface area contributed by atoms with Crippen LogP contribution in [0.25, 0.3) is 0 Å². The van der Waals surface area contributed by atoms with Crippen LogP contribution in [0.1, 0.15) is 10.4 Å². The third kappa shape index (κ3) is 5.88. The van der Waals surface area contributed by atoms with E-state index in [1.54, 1.807) is 41.3 Å². The number of piperazine rings is 1. The van der Waals surface area contributed by atoms with E-state index in [1.165, 1.54) is 0 Å². The van der Waals surface area contributed by atoms with Crippen LogP contribution in [0.15, 0.2) is 36.4 Å². The lowest BCUT2D eigenvalue weighted by Gasteiger charge is -2.36. The van der Waals surface area contributed by atoms with Crippen molar-refractivity contribution in [3.8, 4) is 11.5 Å². The molecule has 2 heterocycles. The third-order valence-corrected chi connectivity index (χ3v) is 5.89. The lowest BCUT2D eigenvalue weighted by Crippen LogP contribution is -2.52. The fourth-order valence-corrected chi connectivity index (χ4v) is 4.20. The van der Waals surface area contributed by atoms with Gasteiger partial charge < -0.3 is 24.6 Å².